The van der Waals surface area contributed by atoms with Crippen LogP contribution in [0.2, 0.25) is 5.02 Å². The number of rotatable bonds is 3. The third-order valence-corrected chi connectivity index (χ3v) is 7.02. The van der Waals surface area contributed by atoms with Crippen molar-refractivity contribution in [2.24, 2.45) is 0 Å². The molecular formula is C24H25ClN2O. The van der Waals surface area contributed by atoms with Crippen LogP contribution in [0.1, 0.15) is 48.0 Å². The summed E-state index contributed by atoms with van der Waals surface area (Å²) in [6.07, 6.45) is 3.68. The fraction of sp³-hybridized carbons (Fsp3) is 0.375. The van der Waals surface area contributed by atoms with Crippen molar-refractivity contribution in [1.29, 1.82) is 0 Å². The summed E-state index contributed by atoms with van der Waals surface area (Å²) in [7, 11) is 2.27. The number of aryl methyl sites for hydroxylation is 1. The third-order valence-electron chi connectivity index (χ3n) is 6.77. The second-order valence-corrected chi connectivity index (χ2v) is 8.80. The molecule has 2 aromatic carbocycles. The van der Waals surface area contributed by atoms with Crippen molar-refractivity contribution in [2.75, 3.05) is 7.05 Å². The summed E-state index contributed by atoms with van der Waals surface area (Å²) in [4.78, 5) is 2.57. The minimum atomic E-state index is 0.333. The Balaban J connectivity index is 1.53. The number of aromatic nitrogens is 1. The average molecular weight is 393 g/mol. The first-order valence-corrected chi connectivity index (χ1v) is 10.5. The molecule has 3 aromatic rings. The van der Waals surface area contributed by atoms with Crippen LogP contribution in [-0.2, 0) is 0 Å². The molecule has 4 heteroatoms. The van der Waals surface area contributed by atoms with Crippen molar-refractivity contribution in [1.82, 2.24) is 10.1 Å². The molecule has 2 aliphatic heterocycles. The predicted octanol–water partition coefficient (Wildman–Crippen LogP) is 6.04. The van der Waals surface area contributed by atoms with Crippen molar-refractivity contribution in [3.63, 3.8) is 0 Å². The molecule has 2 fully saturated rings. The Kier molecular flexibility index (Phi) is 4.53. The Labute approximate surface area is 171 Å². The average Bonchev–Trinajstić information content (AvgIpc) is 3.26. The lowest BCUT2D eigenvalue weighted by Crippen LogP contribution is -2.44. The van der Waals surface area contributed by atoms with Crippen molar-refractivity contribution >= 4 is 11.6 Å². The van der Waals surface area contributed by atoms with Crippen LogP contribution in [0, 0.1) is 6.92 Å². The predicted molar refractivity (Wildman–Crippen MR) is 113 cm³/mol. The van der Waals surface area contributed by atoms with Gasteiger partial charge < -0.3 is 4.52 Å². The zero-order valence-corrected chi connectivity index (χ0v) is 17.1. The minimum Gasteiger partial charge on any atom is -0.360 e. The summed E-state index contributed by atoms with van der Waals surface area (Å²) in [5.74, 6) is 1.81. The Morgan fingerprint density at radius 3 is 2.54 bits per heavy atom. The number of nitrogens with zero attached hydrogens (tertiary/aromatic N) is 2. The van der Waals surface area contributed by atoms with E-state index in [1.165, 1.54) is 30.4 Å². The van der Waals surface area contributed by atoms with Gasteiger partial charge in [-0.15, -0.1) is 0 Å². The number of likely N-dealkylation sites (N-methyl/N-ethyl adjacent to an activating group) is 1. The van der Waals surface area contributed by atoms with Gasteiger partial charge in [-0.25, -0.2) is 0 Å². The molecule has 4 atom stereocenters. The van der Waals surface area contributed by atoms with E-state index in [-0.39, 0.29) is 0 Å². The maximum Gasteiger partial charge on any atom is 0.142 e. The molecular weight excluding hydrogens is 368 g/mol. The van der Waals surface area contributed by atoms with E-state index in [2.05, 4.69) is 54.4 Å². The molecule has 0 aliphatic carbocycles. The highest BCUT2D eigenvalue weighted by Crippen LogP contribution is 2.51. The van der Waals surface area contributed by atoms with Gasteiger partial charge in [-0.05, 0) is 56.8 Å². The Morgan fingerprint density at radius 2 is 1.79 bits per heavy atom. The number of hydrogen-bond acceptors (Lipinski definition) is 3. The van der Waals surface area contributed by atoms with Gasteiger partial charge in [-0.2, -0.15) is 0 Å². The van der Waals surface area contributed by atoms with Crippen LogP contribution in [0.4, 0.5) is 0 Å². The summed E-state index contributed by atoms with van der Waals surface area (Å²) in [5, 5.41) is 5.14. The maximum absolute atomic E-state index is 6.03. The summed E-state index contributed by atoms with van der Waals surface area (Å²) in [6, 6.07) is 20.2. The Hall–Kier alpha value is -2.10. The Morgan fingerprint density at radius 1 is 1.04 bits per heavy atom. The fourth-order valence-corrected chi connectivity index (χ4v) is 5.34. The van der Waals surface area contributed by atoms with Gasteiger partial charge in [0.2, 0.25) is 0 Å². The number of hydrogen-bond donors (Lipinski definition) is 0. The maximum atomic E-state index is 6.03. The van der Waals surface area contributed by atoms with Crippen LogP contribution in [0.15, 0.2) is 59.1 Å². The molecule has 0 amide bonds. The summed E-state index contributed by atoms with van der Waals surface area (Å²) < 4.78 is 5.95. The second-order valence-electron chi connectivity index (χ2n) is 8.36. The van der Waals surface area contributed by atoms with Crippen LogP contribution in [0.25, 0.3) is 11.3 Å². The number of benzene rings is 2. The van der Waals surface area contributed by atoms with Crippen molar-refractivity contribution < 1.29 is 4.52 Å². The molecule has 1 aromatic heterocycles. The first-order valence-electron chi connectivity index (χ1n) is 10.1. The number of fused-ring (bicyclic) bond motifs is 2. The lowest BCUT2D eigenvalue weighted by molar-refractivity contribution is 0.122. The lowest BCUT2D eigenvalue weighted by atomic mass is 9.74. The smallest absolute Gasteiger partial charge is 0.142 e. The van der Waals surface area contributed by atoms with E-state index in [9.17, 15) is 0 Å². The molecule has 5 rings (SSSR count). The van der Waals surface area contributed by atoms with Gasteiger partial charge in [0.1, 0.15) is 11.5 Å². The molecule has 0 N–H and O–H groups in total. The molecule has 2 saturated heterocycles. The molecule has 2 aliphatic rings. The zero-order valence-electron chi connectivity index (χ0n) is 16.3. The van der Waals surface area contributed by atoms with Crippen LogP contribution < -0.4 is 0 Å². The molecule has 0 radical (unpaired) electrons. The minimum absolute atomic E-state index is 0.333. The highest BCUT2D eigenvalue weighted by molar-refractivity contribution is 6.30. The standard InChI is InChI=1S/C24H25ClN2O/c1-15-3-5-16(6-4-15)20-13-19-11-12-22(27(19)2)24(20)23-14-21(26-28-23)17-7-9-18(25)10-8-17/h3-10,14,19-20,22,24H,11-13H2,1-2H3/t19-,20-,22?,24+/m1/s1. The normalized spacial score (nSPS) is 27.2. The van der Waals surface area contributed by atoms with Gasteiger partial charge in [-0.1, -0.05) is 58.7 Å². The number of piperidine rings is 1. The quantitative estimate of drug-likeness (QED) is 0.544. The van der Waals surface area contributed by atoms with Crippen LogP contribution in [-0.4, -0.2) is 29.2 Å². The molecule has 0 saturated carbocycles. The van der Waals surface area contributed by atoms with Crippen LogP contribution in [0.5, 0.6) is 0 Å². The number of halogens is 1. The van der Waals surface area contributed by atoms with Crippen molar-refractivity contribution in [3.05, 3.63) is 76.5 Å². The van der Waals surface area contributed by atoms with E-state index in [1.807, 2.05) is 24.3 Å². The van der Waals surface area contributed by atoms with Crippen LogP contribution >= 0.6 is 11.6 Å². The highest BCUT2D eigenvalue weighted by Gasteiger charge is 2.48. The third kappa shape index (κ3) is 3.07. The van der Waals surface area contributed by atoms with Gasteiger partial charge in [0.05, 0.1) is 0 Å². The van der Waals surface area contributed by atoms with Gasteiger partial charge >= 0.3 is 0 Å². The van der Waals surface area contributed by atoms with Crippen molar-refractivity contribution in [3.8, 4) is 11.3 Å². The van der Waals surface area contributed by atoms with E-state index < -0.39 is 0 Å². The fourth-order valence-electron chi connectivity index (χ4n) is 5.21. The SMILES string of the molecule is Cc1ccc([C@H]2C[C@H]3CCC([C@H]2c2cc(-c4ccc(Cl)cc4)no2)N3C)cc1. The van der Waals surface area contributed by atoms with Gasteiger partial charge in [0.15, 0.2) is 0 Å². The first kappa shape index (κ1) is 18.0. The van der Waals surface area contributed by atoms with E-state index >= 15 is 0 Å². The summed E-state index contributed by atoms with van der Waals surface area (Å²) in [6.45, 7) is 2.15. The highest BCUT2D eigenvalue weighted by atomic mass is 35.5. The molecule has 2 bridgehead atoms. The van der Waals surface area contributed by atoms with Gasteiger partial charge in [0.25, 0.3) is 0 Å². The van der Waals surface area contributed by atoms with E-state index in [4.69, 9.17) is 16.1 Å². The molecule has 144 valence electrons. The molecule has 0 spiro atoms. The van der Waals surface area contributed by atoms with E-state index in [0.717, 1.165) is 22.0 Å². The Bertz CT molecular complexity index is 963. The monoisotopic (exact) mass is 392 g/mol. The van der Waals surface area contributed by atoms with Crippen LogP contribution in [0.3, 0.4) is 0 Å². The molecule has 28 heavy (non-hydrogen) atoms. The van der Waals surface area contributed by atoms with Crippen molar-refractivity contribution in [2.45, 2.75) is 50.1 Å². The second kappa shape index (κ2) is 7.06. The van der Waals surface area contributed by atoms with E-state index in [0.29, 0.717) is 23.9 Å². The largest absolute Gasteiger partial charge is 0.360 e. The molecule has 1 unspecified atom stereocenters. The van der Waals surface area contributed by atoms with Gasteiger partial charge in [-0.3, -0.25) is 4.90 Å². The molecule has 3 heterocycles. The lowest BCUT2D eigenvalue weighted by Gasteiger charge is -2.42. The van der Waals surface area contributed by atoms with Gasteiger partial charge in [0, 0.05) is 34.7 Å². The topological polar surface area (TPSA) is 29.3 Å². The molecule has 3 nitrogen and oxygen atoms in total. The summed E-state index contributed by atoms with van der Waals surface area (Å²) >= 11 is 6.03. The summed E-state index contributed by atoms with van der Waals surface area (Å²) in [5.41, 5.74) is 4.66. The first-order chi connectivity index (χ1) is 13.6. The van der Waals surface area contributed by atoms with E-state index in [1.54, 1.807) is 0 Å². The zero-order chi connectivity index (χ0) is 19.3.